The fourth-order valence-electron chi connectivity index (χ4n) is 3.73. The standard InChI is InChI=1S/C24H26N4O4/c1-27-10-9-15-11-16(5-7-20(15)27)22(29)14-25-24(30)21-13-19(26-28(21)2)18-12-17(31-3)6-8-23(18)32-4/h5-13,22,29H,14H2,1-4H3,(H,25,30)/t22-/m1/s1. The largest absolute Gasteiger partial charge is 0.497 e. The third-order valence-electron chi connectivity index (χ3n) is 5.55. The fraction of sp³-hybridized carbons (Fsp3) is 0.250. The van der Waals surface area contributed by atoms with Gasteiger partial charge in [0.15, 0.2) is 0 Å². The van der Waals surface area contributed by atoms with E-state index in [1.54, 1.807) is 39.5 Å². The van der Waals surface area contributed by atoms with Crippen LogP contribution in [0.4, 0.5) is 0 Å². The van der Waals surface area contributed by atoms with Crippen molar-refractivity contribution in [2.75, 3.05) is 20.8 Å². The molecule has 0 aliphatic heterocycles. The van der Waals surface area contributed by atoms with Crippen molar-refractivity contribution < 1.29 is 19.4 Å². The second-order valence-corrected chi connectivity index (χ2v) is 7.58. The van der Waals surface area contributed by atoms with E-state index in [2.05, 4.69) is 10.4 Å². The highest BCUT2D eigenvalue weighted by molar-refractivity contribution is 5.94. The summed E-state index contributed by atoms with van der Waals surface area (Å²) in [6, 6.07) is 14.9. The third-order valence-corrected chi connectivity index (χ3v) is 5.55. The lowest BCUT2D eigenvalue weighted by atomic mass is 10.1. The smallest absolute Gasteiger partial charge is 0.269 e. The number of hydrogen-bond donors (Lipinski definition) is 2. The van der Waals surface area contributed by atoms with Gasteiger partial charge in [-0.25, -0.2) is 0 Å². The molecule has 2 N–H and O–H groups in total. The Morgan fingerprint density at radius 3 is 2.66 bits per heavy atom. The summed E-state index contributed by atoms with van der Waals surface area (Å²) in [4.78, 5) is 12.8. The maximum Gasteiger partial charge on any atom is 0.269 e. The van der Waals surface area contributed by atoms with Crippen LogP contribution in [-0.2, 0) is 14.1 Å². The first kappa shape index (κ1) is 21.5. The van der Waals surface area contributed by atoms with Gasteiger partial charge < -0.3 is 24.5 Å². The van der Waals surface area contributed by atoms with Crippen LogP contribution in [0.15, 0.2) is 54.7 Å². The van der Waals surface area contributed by atoms with Crippen molar-refractivity contribution in [2.45, 2.75) is 6.10 Å². The molecule has 4 aromatic rings. The molecule has 1 atom stereocenters. The maximum atomic E-state index is 12.8. The number of rotatable bonds is 7. The number of ether oxygens (including phenoxy) is 2. The molecule has 166 valence electrons. The van der Waals surface area contributed by atoms with Gasteiger partial charge in [0.05, 0.1) is 26.0 Å². The number of carbonyl (C=O) groups excluding carboxylic acids is 1. The molecule has 2 aromatic carbocycles. The van der Waals surface area contributed by atoms with Crippen molar-refractivity contribution >= 4 is 16.8 Å². The van der Waals surface area contributed by atoms with Crippen molar-refractivity contribution in [3.63, 3.8) is 0 Å². The highest BCUT2D eigenvalue weighted by Crippen LogP contribution is 2.33. The minimum Gasteiger partial charge on any atom is -0.497 e. The Bertz CT molecular complexity index is 1270. The van der Waals surface area contributed by atoms with Gasteiger partial charge in [0.25, 0.3) is 5.91 Å². The van der Waals surface area contributed by atoms with E-state index in [9.17, 15) is 9.90 Å². The average molecular weight is 434 g/mol. The van der Waals surface area contributed by atoms with E-state index in [-0.39, 0.29) is 12.5 Å². The van der Waals surface area contributed by atoms with Crippen LogP contribution < -0.4 is 14.8 Å². The van der Waals surface area contributed by atoms with Gasteiger partial charge in [0, 0.05) is 37.9 Å². The molecule has 0 bridgehead atoms. The molecule has 0 unspecified atom stereocenters. The first-order valence-electron chi connectivity index (χ1n) is 10.2. The Morgan fingerprint density at radius 2 is 1.91 bits per heavy atom. The van der Waals surface area contributed by atoms with Crippen LogP contribution in [0.25, 0.3) is 22.2 Å². The number of benzene rings is 2. The van der Waals surface area contributed by atoms with Gasteiger partial charge in [-0.1, -0.05) is 6.07 Å². The summed E-state index contributed by atoms with van der Waals surface area (Å²) in [5.74, 6) is 0.964. The minimum absolute atomic E-state index is 0.0835. The van der Waals surface area contributed by atoms with Crippen LogP contribution in [0.1, 0.15) is 22.2 Å². The topological polar surface area (TPSA) is 90.5 Å². The lowest BCUT2D eigenvalue weighted by molar-refractivity contribution is 0.0907. The van der Waals surface area contributed by atoms with Crippen molar-refractivity contribution in [3.05, 3.63) is 66.0 Å². The molecule has 8 nitrogen and oxygen atoms in total. The predicted octanol–water partition coefficient (Wildman–Crippen LogP) is 3.06. The van der Waals surface area contributed by atoms with Gasteiger partial charge in [0.1, 0.15) is 17.2 Å². The summed E-state index contributed by atoms with van der Waals surface area (Å²) >= 11 is 0. The number of aliphatic hydroxyl groups excluding tert-OH is 1. The number of fused-ring (bicyclic) bond motifs is 1. The summed E-state index contributed by atoms with van der Waals surface area (Å²) in [5.41, 5.74) is 3.51. The zero-order valence-corrected chi connectivity index (χ0v) is 18.5. The normalized spacial score (nSPS) is 12.0. The Balaban J connectivity index is 1.50. The van der Waals surface area contributed by atoms with Crippen LogP contribution in [0.5, 0.6) is 11.5 Å². The van der Waals surface area contributed by atoms with E-state index < -0.39 is 6.10 Å². The lowest BCUT2D eigenvalue weighted by Gasteiger charge is -2.13. The lowest BCUT2D eigenvalue weighted by Crippen LogP contribution is -2.29. The molecule has 32 heavy (non-hydrogen) atoms. The summed E-state index contributed by atoms with van der Waals surface area (Å²) in [6.07, 6.45) is 1.15. The van der Waals surface area contributed by atoms with Crippen LogP contribution in [0.3, 0.4) is 0 Å². The molecule has 0 fully saturated rings. The number of carbonyl (C=O) groups is 1. The van der Waals surface area contributed by atoms with Gasteiger partial charge in [-0.05, 0) is 53.4 Å². The van der Waals surface area contributed by atoms with Crippen LogP contribution in [0.2, 0.25) is 0 Å². The Labute approximate surface area is 186 Å². The van der Waals surface area contributed by atoms with Crippen LogP contribution >= 0.6 is 0 Å². The zero-order chi connectivity index (χ0) is 22.8. The summed E-state index contributed by atoms with van der Waals surface area (Å²) < 4.78 is 14.3. The molecule has 0 spiro atoms. The molecule has 4 rings (SSSR count). The Morgan fingerprint density at radius 1 is 1.09 bits per heavy atom. The third kappa shape index (κ3) is 4.04. The highest BCUT2D eigenvalue weighted by Gasteiger charge is 2.18. The molecule has 0 aliphatic carbocycles. The monoisotopic (exact) mass is 434 g/mol. The van der Waals surface area contributed by atoms with E-state index in [1.807, 2.05) is 48.1 Å². The SMILES string of the molecule is COc1ccc(OC)c(-c2cc(C(=O)NC[C@@H](O)c3ccc4c(ccn4C)c3)n(C)n2)c1. The molecule has 0 radical (unpaired) electrons. The predicted molar refractivity (Wildman–Crippen MR) is 122 cm³/mol. The minimum atomic E-state index is -0.824. The number of nitrogens with one attached hydrogen (secondary N) is 1. The number of methoxy groups -OCH3 is 2. The molecular weight excluding hydrogens is 408 g/mol. The zero-order valence-electron chi connectivity index (χ0n) is 18.5. The second-order valence-electron chi connectivity index (χ2n) is 7.58. The maximum absolute atomic E-state index is 12.8. The molecule has 0 aliphatic rings. The molecule has 1 amide bonds. The number of aryl methyl sites for hydroxylation is 2. The molecular formula is C24H26N4O4. The Hall–Kier alpha value is -3.78. The fourth-order valence-corrected chi connectivity index (χ4v) is 3.73. The molecule has 0 saturated carbocycles. The molecule has 8 heteroatoms. The van der Waals surface area contributed by atoms with Crippen LogP contribution in [0, 0.1) is 0 Å². The molecule has 0 saturated heterocycles. The van der Waals surface area contributed by atoms with Gasteiger partial charge in [0.2, 0.25) is 0 Å². The van der Waals surface area contributed by atoms with Gasteiger partial charge in [-0.3, -0.25) is 9.48 Å². The number of nitrogens with zero attached hydrogens (tertiary/aromatic N) is 3. The number of hydrogen-bond acceptors (Lipinski definition) is 5. The first-order valence-corrected chi connectivity index (χ1v) is 10.2. The van der Waals surface area contributed by atoms with Crippen molar-refractivity contribution in [2.24, 2.45) is 14.1 Å². The van der Waals surface area contributed by atoms with Gasteiger partial charge in [-0.15, -0.1) is 0 Å². The average Bonchev–Trinajstić information content (AvgIpc) is 3.39. The van der Waals surface area contributed by atoms with Crippen LogP contribution in [-0.4, -0.2) is 46.1 Å². The van der Waals surface area contributed by atoms with Crippen molar-refractivity contribution in [1.29, 1.82) is 0 Å². The first-order chi connectivity index (χ1) is 15.4. The quantitative estimate of drug-likeness (QED) is 0.467. The summed E-state index contributed by atoms with van der Waals surface area (Å²) in [5, 5.41) is 18.9. The number of amides is 1. The highest BCUT2D eigenvalue weighted by atomic mass is 16.5. The van der Waals surface area contributed by atoms with Gasteiger partial charge >= 0.3 is 0 Å². The molecule has 2 aromatic heterocycles. The van der Waals surface area contributed by atoms with E-state index in [4.69, 9.17) is 9.47 Å². The second kappa shape index (κ2) is 8.76. The van der Waals surface area contributed by atoms with E-state index in [0.29, 0.717) is 22.9 Å². The van der Waals surface area contributed by atoms with E-state index in [1.165, 1.54) is 4.68 Å². The van der Waals surface area contributed by atoms with Crippen molar-refractivity contribution in [1.82, 2.24) is 19.7 Å². The number of aliphatic hydroxyl groups is 1. The van der Waals surface area contributed by atoms with Gasteiger partial charge in [-0.2, -0.15) is 5.10 Å². The van der Waals surface area contributed by atoms with E-state index >= 15 is 0 Å². The summed E-state index contributed by atoms with van der Waals surface area (Å²) in [6.45, 7) is 0.0835. The Kier molecular flexibility index (Phi) is 5.87. The number of aromatic nitrogens is 3. The molecule has 2 heterocycles. The van der Waals surface area contributed by atoms with Crippen molar-refractivity contribution in [3.8, 4) is 22.8 Å². The summed E-state index contributed by atoms with van der Waals surface area (Å²) in [7, 11) is 6.84. The van der Waals surface area contributed by atoms with E-state index in [0.717, 1.165) is 22.0 Å².